The van der Waals surface area contributed by atoms with Crippen LogP contribution in [0.25, 0.3) is 0 Å². The molecule has 0 bridgehead atoms. The van der Waals surface area contributed by atoms with Crippen molar-refractivity contribution in [3.63, 3.8) is 0 Å². The van der Waals surface area contributed by atoms with Crippen LogP contribution in [0.3, 0.4) is 0 Å². The first-order chi connectivity index (χ1) is 1.91. The van der Waals surface area contributed by atoms with Gasteiger partial charge in [0.1, 0.15) is 6.29 Å². The molecular weight excluding hydrogens is 71.0 g/mol. The molecule has 0 aliphatic carbocycles. The molecule has 0 saturated carbocycles. The van der Waals surface area contributed by atoms with Gasteiger partial charge in [0.15, 0.2) is 0 Å². The maximum absolute atomic E-state index is 9.17. The standard InChI is InChI=1S/C3H6O.FH/c1-2-3-4;/h3H,2H2,1H3;1H. The van der Waals surface area contributed by atoms with E-state index in [0.717, 1.165) is 6.29 Å². The predicted octanol–water partition coefficient (Wildman–Crippen LogP) is 0.748. The average Bonchev–Trinajstić information content (AvgIpc) is 1.37. The number of rotatable bonds is 1. The Kier molecular flexibility index (Phi) is 16.8. The highest BCUT2D eigenvalue weighted by Gasteiger charge is 1.52. The Balaban J connectivity index is 0. The summed E-state index contributed by atoms with van der Waals surface area (Å²) in [5, 5.41) is 0. The Morgan fingerprint density at radius 1 is 1.80 bits per heavy atom. The minimum atomic E-state index is 0. The lowest BCUT2D eigenvalue weighted by atomic mass is 10.6. The maximum Gasteiger partial charge on any atom is 0.119 e. The molecule has 0 aromatic heterocycles. The second kappa shape index (κ2) is 9.51. The second-order valence-corrected chi connectivity index (χ2v) is 0.575. The van der Waals surface area contributed by atoms with Crippen LogP contribution in [0.5, 0.6) is 0 Å². The van der Waals surface area contributed by atoms with Crippen LogP contribution in [0, 0.1) is 0 Å². The van der Waals surface area contributed by atoms with Gasteiger partial charge in [0.05, 0.1) is 0 Å². The van der Waals surface area contributed by atoms with E-state index in [2.05, 4.69) is 0 Å². The zero-order valence-corrected chi connectivity index (χ0v) is 3.10. The molecule has 0 atom stereocenters. The van der Waals surface area contributed by atoms with Crippen LogP contribution in [0.2, 0.25) is 0 Å². The molecule has 32 valence electrons. The van der Waals surface area contributed by atoms with Crippen molar-refractivity contribution in [3.05, 3.63) is 0 Å². The third kappa shape index (κ3) is 25.6. The summed E-state index contributed by atoms with van der Waals surface area (Å²) in [7, 11) is 0. The fourth-order valence-electron chi connectivity index (χ4n) is 0. The molecule has 0 aromatic rings. The van der Waals surface area contributed by atoms with Gasteiger partial charge in [-0.05, 0) is 0 Å². The van der Waals surface area contributed by atoms with Crippen LogP contribution in [-0.2, 0) is 4.79 Å². The molecule has 0 radical (unpaired) electrons. The minimum Gasteiger partial charge on any atom is -0.303 e. The third-order valence-corrected chi connectivity index (χ3v) is 0.167. The molecular formula is C3H7FO. The van der Waals surface area contributed by atoms with Gasteiger partial charge in [0.2, 0.25) is 0 Å². The molecule has 5 heavy (non-hydrogen) atoms. The fourth-order valence-corrected chi connectivity index (χ4v) is 0. The van der Waals surface area contributed by atoms with Crippen LogP contribution < -0.4 is 0 Å². The van der Waals surface area contributed by atoms with Gasteiger partial charge in [-0.2, -0.15) is 0 Å². The smallest absolute Gasteiger partial charge is 0.119 e. The molecule has 0 heterocycles. The monoisotopic (exact) mass is 78.0 g/mol. The summed E-state index contributed by atoms with van der Waals surface area (Å²) < 4.78 is 0. The van der Waals surface area contributed by atoms with Crippen LogP contribution in [0.4, 0.5) is 4.70 Å². The van der Waals surface area contributed by atoms with Gasteiger partial charge in [-0.3, -0.25) is 4.70 Å². The Morgan fingerprint density at radius 3 is 2.00 bits per heavy atom. The predicted molar refractivity (Wildman–Crippen MR) is 18.9 cm³/mol. The van der Waals surface area contributed by atoms with E-state index in [1.54, 1.807) is 0 Å². The maximum atomic E-state index is 9.17. The Labute approximate surface area is 30.4 Å². The van der Waals surface area contributed by atoms with Crippen molar-refractivity contribution in [1.29, 1.82) is 0 Å². The number of carbonyl (C=O) groups excluding carboxylic acids is 1. The van der Waals surface area contributed by atoms with E-state index in [4.69, 9.17) is 0 Å². The van der Waals surface area contributed by atoms with Crippen LogP contribution in [-0.4, -0.2) is 6.29 Å². The molecule has 2 heteroatoms. The van der Waals surface area contributed by atoms with Gasteiger partial charge >= 0.3 is 0 Å². The van der Waals surface area contributed by atoms with Gasteiger partial charge in [-0.15, -0.1) is 0 Å². The van der Waals surface area contributed by atoms with Crippen LogP contribution in [0.15, 0.2) is 0 Å². The lowest BCUT2D eigenvalue weighted by molar-refractivity contribution is -0.107. The number of halogens is 1. The summed E-state index contributed by atoms with van der Waals surface area (Å²) in [6.07, 6.45) is 1.51. The summed E-state index contributed by atoms with van der Waals surface area (Å²) in [4.78, 5) is 9.17. The summed E-state index contributed by atoms with van der Waals surface area (Å²) in [6, 6.07) is 0. The van der Waals surface area contributed by atoms with Crippen molar-refractivity contribution < 1.29 is 9.50 Å². The van der Waals surface area contributed by atoms with E-state index < -0.39 is 0 Å². The lowest BCUT2D eigenvalue weighted by Crippen LogP contribution is -1.55. The summed E-state index contributed by atoms with van der Waals surface area (Å²) >= 11 is 0. The van der Waals surface area contributed by atoms with Gasteiger partial charge in [0, 0.05) is 6.42 Å². The van der Waals surface area contributed by atoms with Crippen molar-refractivity contribution in [2.75, 3.05) is 0 Å². The van der Waals surface area contributed by atoms with E-state index in [9.17, 15) is 4.79 Å². The van der Waals surface area contributed by atoms with E-state index in [1.165, 1.54) is 0 Å². The van der Waals surface area contributed by atoms with Gasteiger partial charge in [-0.1, -0.05) is 6.92 Å². The number of aldehydes is 1. The number of hydrogen-bond acceptors (Lipinski definition) is 1. The van der Waals surface area contributed by atoms with E-state index >= 15 is 0 Å². The Bertz CT molecular complexity index is 20.9. The summed E-state index contributed by atoms with van der Waals surface area (Å²) in [5.74, 6) is 0. The SMILES string of the molecule is CCC=O.F. The molecule has 1 nitrogen and oxygen atoms in total. The Morgan fingerprint density at radius 2 is 2.00 bits per heavy atom. The largest absolute Gasteiger partial charge is 0.303 e. The molecule has 0 saturated heterocycles. The highest BCUT2D eigenvalue weighted by Crippen LogP contribution is 1.53. The first-order valence-electron chi connectivity index (χ1n) is 1.35. The summed E-state index contributed by atoms with van der Waals surface area (Å²) in [6.45, 7) is 1.81. The van der Waals surface area contributed by atoms with E-state index in [0.29, 0.717) is 6.42 Å². The third-order valence-electron chi connectivity index (χ3n) is 0.167. The van der Waals surface area contributed by atoms with Crippen LogP contribution in [0.1, 0.15) is 13.3 Å². The zero-order chi connectivity index (χ0) is 3.41. The molecule has 0 N–H and O–H groups in total. The first-order valence-corrected chi connectivity index (χ1v) is 1.35. The van der Waals surface area contributed by atoms with Gasteiger partial charge in [-0.25, -0.2) is 0 Å². The molecule has 0 amide bonds. The molecule has 0 aromatic carbocycles. The van der Waals surface area contributed by atoms with E-state index in [-0.39, 0.29) is 4.70 Å². The van der Waals surface area contributed by atoms with Crippen molar-refractivity contribution in [1.82, 2.24) is 0 Å². The van der Waals surface area contributed by atoms with Gasteiger partial charge in [0.25, 0.3) is 0 Å². The number of carbonyl (C=O) groups is 1. The van der Waals surface area contributed by atoms with Gasteiger partial charge < -0.3 is 4.79 Å². The Hall–Kier alpha value is -0.400. The minimum absolute atomic E-state index is 0. The summed E-state index contributed by atoms with van der Waals surface area (Å²) in [5.41, 5.74) is 0. The van der Waals surface area contributed by atoms with Crippen molar-refractivity contribution in [2.45, 2.75) is 13.3 Å². The molecule has 0 unspecified atom stereocenters. The molecule has 0 rings (SSSR count). The van der Waals surface area contributed by atoms with Crippen molar-refractivity contribution >= 4 is 6.29 Å². The number of hydrogen-bond donors (Lipinski definition) is 0. The van der Waals surface area contributed by atoms with Crippen molar-refractivity contribution in [2.24, 2.45) is 0 Å². The average molecular weight is 78.1 g/mol. The normalized spacial score (nSPS) is 5.00. The zero-order valence-electron chi connectivity index (χ0n) is 3.10. The quantitative estimate of drug-likeness (QED) is 0.423. The second-order valence-electron chi connectivity index (χ2n) is 0.575. The first kappa shape index (κ1) is 8.82. The lowest BCUT2D eigenvalue weighted by Gasteiger charge is -1.51. The molecule has 0 aliphatic rings. The van der Waals surface area contributed by atoms with Crippen LogP contribution >= 0.6 is 0 Å². The molecule has 0 fully saturated rings. The fraction of sp³-hybridized carbons (Fsp3) is 0.667. The van der Waals surface area contributed by atoms with Crippen molar-refractivity contribution in [3.8, 4) is 0 Å². The van der Waals surface area contributed by atoms with E-state index in [1.807, 2.05) is 6.92 Å². The topological polar surface area (TPSA) is 17.1 Å². The molecule has 0 aliphatic heterocycles. The highest BCUT2D eigenvalue weighted by molar-refractivity contribution is 5.48. The molecule has 0 spiro atoms. The highest BCUT2D eigenvalue weighted by atomic mass is 19.0.